The van der Waals surface area contributed by atoms with Crippen LogP contribution in [0.1, 0.15) is 89.5 Å². The van der Waals surface area contributed by atoms with Crippen LogP contribution in [0.4, 0.5) is 0 Å². The van der Waals surface area contributed by atoms with Crippen molar-refractivity contribution in [3.8, 4) is 0 Å². The van der Waals surface area contributed by atoms with Gasteiger partial charge in [-0.3, -0.25) is 0 Å². The molecule has 0 fully saturated rings. The Morgan fingerprint density at radius 2 is 1.29 bits per heavy atom. The topological polar surface area (TPSA) is 20.2 Å². The highest BCUT2D eigenvalue weighted by Gasteiger charge is 2.21. The van der Waals surface area contributed by atoms with Crippen molar-refractivity contribution < 1.29 is 9.59 Å². The van der Waals surface area contributed by atoms with E-state index >= 15 is 0 Å². The fourth-order valence-corrected chi connectivity index (χ4v) is 4.25. The Labute approximate surface area is 183 Å². The van der Waals surface area contributed by atoms with E-state index in [1.807, 2.05) is 18.2 Å². The molecule has 1 unspecified atom stereocenters. The summed E-state index contributed by atoms with van der Waals surface area (Å²) in [6.07, 6.45) is 16.4. The highest BCUT2D eigenvalue weighted by Crippen LogP contribution is 2.24. The Kier molecular flexibility index (Phi) is 14.3. The van der Waals surface area contributed by atoms with E-state index in [0.717, 1.165) is 24.1 Å². The third kappa shape index (κ3) is 11.7. The van der Waals surface area contributed by atoms with Crippen LogP contribution >= 0.6 is 23.2 Å². The third-order valence-electron chi connectivity index (χ3n) is 5.74. The number of aliphatic hydroxyl groups excluding tert-OH is 1. The van der Waals surface area contributed by atoms with Crippen LogP contribution in [0.25, 0.3) is 0 Å². The third-order valence-corrected chi connectivity index (χ3v) is 6.48. The number of hydrogen-bond donors (Lipinski definition) is 1. The lowest BCUT2D eigenvalue weighted by atomic mass is 10.0. The highest BCUT2D eigenvalue weighted by molar-refractivity contribution is 6.42. The minimum absolute atomic E-state index is 0.218. The summed E-state index contributed by atoms with van der Waals surface area (Å²) in [6.45, 7) is 5.25. The molecular weight excluding hydrogens is 389 g/mol. The molecule has 0 saturated heterocycles. The molecule has 1 rings (SSSR count). The van der Waals surface area contributed by atoms with Gasteiger partial charge in [0.2, 0.25) is 0 Å². The Hall–Kier alpha value is -0.280. The zero-order valence-electron chi connectivity index (χ0n) is 18.2. The van der Waals surface area contributed by atoms with Gasteiger partial charge in [0.1, 0.15) is 13.1 Å². The SMILES string of the molecule is CCCCCCCCCCCCCC[N+](C)(CCO)Cc1ccc(Cl)c(Cl)c1. The molecule has 28 heavy (non-hydrogen) atoms. The maximum atomic E-state index is 9.51. The van der Waals surface area contributed by atoms with Gasteiger partial charge >= 0.3 is 0 Å². The Balaban J connectivity index is 2.18. The lowest BCUT2D eigenvalue weighted by Crippen LogP contribution is -2.46. The van der Waals surface area contributed by atoms with Gasteiger partial charge in [0, 0.05) is 5.56 Å². The van der Waals surface area contributed by atoms with Crippen LogP contribution in [-0.4, -0.2) is 36.3 Å². The number of hydrogen-bond acceptors (Lipinski definition) is 1. The first-order chi connectivity index (χ1) is 13.5. The van der Waals surface area contributed by atoms with Crippen LogP contribution in [-0.2, 0) is 6.54 Å². The molecule has 0 spiro atoms. The van der Waals surface area contributed by atoms with E-state index in [1.165, 1.54) is 82.6 Å². The molecule has 0 aliphatic heterocycles. The number of aliphatic hydroxyl groups is 1. The summed E-state index contributed by atoms with van der Waals surface area (Å²) in [4.78, 5) is 0. The predicted octanol–water partition coefficient (Wildman–Crippen LogP) is 7.63. The standard InChI is InChI=1S/C24H42Cl2NO/c1-3-4-5-6-7-8-9-10-11-12-13-14-17-27(2,18-19-28)21-22-15-16-23(25)24(26)20-22/h15-16,20,28H,3-14,17-19,21H2,1-2H3/q+1. The van der Waals surface area contributed by atoms with Gasteiger partial charge in [-0.2, -0.15) is 0 Å². The second kappa shape index (κ2) is 15.5. The van der Waals surface area contributed by atoms with Crippen molar-refractivity contribution in [2.45, 2.75) is 90.5 Å². The van der Waals surface area contributed by atoms with Gasteiger partial charge in [-0.25, -0.2) is 0 Å². The molecule has 0 heterocycles. The molecule has 0 aliphatic carbocycles. The smallest absolute Gasteiger partial charge is 0.104 e. The van der Waals surface area contributed by atoms with E-state index in [-0.39, 0.29) is 6.61 Å². The fourth-order valence-electron chi connectivity index (χ4n) is 3.92. The molecule has 1 N–H and O–H groups in total. The summed E-state index contributed by atoms with van der Waals surface area (Å²) in [5.74, 6) is 0. The number of nitrogens with zero attached hydrogens (tertiary/aromatic N) is 1. The zero-order chi connectivity index (χ0) is 20.7. The second-order valence-electron chi connectivity index (χ2n) is 8.59. The Morgan fingerprint density at radius 3 is 1.79 bits per heavy atom. The summed E-state index contributed by atoms with van der Waals surface area (Å²) in [5.41, 5.74) is 1.18. The minimum Gasteiger partial charge on any atom is -0.391 e. The van der Waals surface area contributed by atoms with Crippen molar-refractivity contribution in [2.24, 2.45) is 0 Å². The van der Waals surface area contributed by atoms with Gasteiger partial charge in [0.05, 0.1) is 30.2 Å². The van der Waals surface area contributed by atoms with Crippen molar-refractivity contribution in [2.75, 3.05) is 26.7 Å². The lowest BCUT2D eigenvalue weighted by molar-refractivity contribution is -0.923. The Morgan fingerprint density at radius 1 is 0.750 bits per heavy atom. The van der Waals surface area contributed by atoms with Crippen LogP contribution in [0.3, 0.4) is 0 Å². The molecule has 2 nitrogen and oxygen atoms in total. The van der Waals surface area contributed by atoms with Gasteiger partial charge in [0.25, 0.3) is 0 Å². The van der Waals surface area contributed by atoms with Crippen molar-refractivity contribution in [3.05, 3.63) is 33.8 Å². The van der Waals surface area contributed by atoms with Crippen LogP contribution < -0.4 is 0 Å². The van der Waals surface area contributed by atoms with Gasteiger partial charge in [-0.05, 0) is 25.0 Å². The first-order valence-electron chi connectivity index (χ1n) is 11.4. The van der Waals surface area contributed by atoms with Crippen LogP contribution in [0.5, 0.6) is 0 Å². The Bertz CT molecular complexity index is 523. The molecule has 0 amide bonds. The molecule has 0 bridgehead atoms. The average molecular weight is 432 g/mol. The normalized spacial score (nSPS) is 13.6. The summed E-state index contributed by atoms with van der Waals surface area (Å²) in [7, 11) is 2.23. The van der Waals surface area contributed by atoms with E-state index in [2.05, 4.69) is 14.0 Å². The van der Waals surface area contributed by atoms with E-state index in [0.29, 0.717) is 10.0 Å². The number of rotatable bonds is 17. The van der Waals surface area contributed by atoms with E-state index in [4.69, 9.17) is 23.2 Å². The van der Waals surface area contributed by atoms with Gasteiger partial charge in [-0.1, -0.05) is 100 Å². The number of likely N-dealkylation sites (N-methyl/N-ethyl adjacent to an activating group) is 1. The largest absolute Gasteiger partial charge is 0.391 e. The maximum Gasteiger partial charge on any atom is 0.104 e. The predicted molar refractivity (Wildman–Crippen MR) is 124 cm³/mol. The molecule has 1 aromatic rings. The summed E-state index contributed by atoms with van der Waals surface area (Å²) >= 11 is 12.2. The van der Waals surface area contributed by atoms with Gasteiger partial charge in [-0.15, -0.1) is 0 Å². The van der Waals surface area contributed by atoms with Crippen molar-refractivity contribution in [3.63, 3.8) is 0 Å². The van der Waals surface area contributed by atoms with Gasteiger partial charge in [0.15, 0.2) is 0 Å². The van der Waals surface area contributed by atoms with Gasteiger partial charge < -0.3 is 9.59 Å². The van der Waals surface area contributed by atoms with Crippen molar-refractivity contribution in [1.82, 2.24) is 0 Å². The van der Waals surface area contributed by atoms with Crippen molar-refractivity contribution in [1.29, 1.82) is 0 Å². The molecule has 0 radical (unpaired) electrons. The van der Waals surface area contributed by atoms with Crippen LogP contribution in [0.15, 0.2) is 18.2 Å². The molecule has 1 atom stereocenters. The van der Waals surface area contributed by atoms with Crippen molar-refractivity contribution >= 4 is 23.2 Å². The summed E-state index contributed by atoms with van der Waals surface area (Å²) < 4.78 is 0.853. The molecule has 4 heteroatoms. The summed E-state index contributed by atoms with van der Waals surface area (Å²) in [6, 6.07) is 5.87. The average Bonchev–Trinajstić information content (AvgIpc) is 2.66. The monoisotopic (exact) mass is 430 g/mol. The van der Waals surface area contributed by atoms with Crippen LogP contribution in [0, 0.1) is 0 Å². The molecule has 0 saturated carbocycles. The first kappa shape index (κ1) is 25.8. The fraction of sp³-hybridized carbons (Fsp3) is 0.750. The molecule has 0 aliphatic rings. The molecule has 162 valence electrons. The number of unbranched alkanes of at least 4 members (excludes halogenated alkanes) is 11. The lowest BCUT2D eigenvalue weighted by Gasteiger charge is -2.34. The molecular formula is C24H42Cl2NO+. The number of benzene rings is 1. The van der Waals surface area contributed by atoms with Crippen LogP contribution in [0.2, 0.25) is 10.0 Å². The first-order valence-corrected chi connectivity index (χ1v) is 12.1. The number of halogens is 2. The minimum atomic E-state index is 0.218. The quantitative estimate of drug-likeness (QED) is 0.199. The number of quaternary nitrogens is 1. The second-order valence-corrected chi connectivity index (χ2v) is 9.40. The molecule has 0 aromatic heterocycles. The van der Waals surface area contributed by atoms with E-state index < -0.39 is 0 Å². The highest BCUT2D eigenvalue weighted by atomic mass is 35.5. The zero-order valence-corrected chi connectivity index (χ0v) is 19.7. The van der Waals surface area contributed by atoms with E-state index in [9.17, 15) is 5.11 Å². The molecule has 1 aromatic carbocycles. The maximum absolute atomic E-state index is 9.51. The summed E-state index contributed by atoms with van der Waals surface area (Å²) in [5, 5.41) is 10.7. The van der Waals surface area contributed by atoms with E-state index in [1.54, 1.807) is 0 Å².